The van der Waals surface area contributed by atoms with E-state index >= 15 is 0 Å². The van der Waals surface area contributed by atoms with Crippen molar-refractivity contribution in [2.75, 3.05) is 0 Å². The molecule has 25 heavy (non-hydrogen) atoms. The maximum absolute atomic E-state index is 10.9. The highest BCUT2D eigenvalue weighted by molar-refractivity contribution is 6.24. The summed E-state index contributed by atoms with van der Waals surface area (Å²) in [6.07, 6.45) is 0.739. The van der Waals surface area contributed by atoms with Crippen molar-refractivity contribution in [2.24, 2.45) is 0 Å². The number of aryl methyl sites for hydroxylation is 1. The largest absolute Gasteiger partial charge is 0.507 e. The van der Waals surface area contributed by atoms with Crippen molar-refractivity contribution in [3.63, 3.8) is 0 Å². The Kier molecular flexibility index (Phi) is 2.98. The van der Waals surface area contributed by atoms with Crippen LogP contribution in [-0.4, -0.2) is 5.11 Å². The maximum atomic E-state index is 10.9. The van der Waals surface area contributed by atoms with Crippen LogP contribution in [0.4, 0.5) is 0 Å². The zero-order valence-electron chi connectivity index (χ0n) is 14.1. The Hall–Kier alpha value is -3.06. The number of hydrogen-bond donors (Lipinski definition) is 1. The number of rotatable bonds is 2. The van der Waals surface area contributed by atoms with Gasteiger partial charge in [0.2, 0.25) is 0 Å². The van der Waals surface area contributed by atoms with E-state index in [4.69, 9.17) is 0 Å². The monoisotopic (exact) mass is 322 g/mol. The van der Waals surface area contributed by atoms with Crippen LogP contribution < -0.4 is 0 Å². The van der Waals surface area contributed by atoms with Crippen molar-refractivity contribution in [3.05, 3.63) is 89.5 Å². The summed E-state index contributed by atoms with van der Waals surface area (Å²) >= 11 is 0. The number of aromatic hydroxyl groups is 1. The minimum Gasteiger partial charge on any atom is -0.507 e. The van der Waals surface area contributed by atoms with E-state index in [-0.39, 0.29) is 0 Å². The Morgan fingerprint density at radius 3 is 2.16 bits per heavy atom. The van der Waals surface area contributed by atoms with E-state index in [1.165, 1.54) is 38.1 Å². The Bertz CT molecular complexity index is 1200. The summed E-state index contributed by atoms with van der Waals surface area (Å²) in [5.74, 6) is 0.409. The second kappa shape index (κ2) is 5.22. The van der Waals surface area contributed by atoms with Gasteiger partial charge in [-0.1, -0.05) is 66.2 Å². The maximum Gasteiger partial charge on any atom is 0.126 e. The normalized spacial score (nSPS) is 11.7. The zero-order valence-corrected chi connectivity index (χ0v) is 14.1. The molecule has 120 valence electrons. The van der Waals surface area contributed by atoms with Crippen LogP contribution in [0, 0.1) is 6.92 Å². The molecule has 0 radical (unpaired) electrons. The highest BCUT2D eigenvalue weighted by Crippen LogP contribution is 2.40. The molecule has 0 spiro atoms. The lowest BCUT2D eigenvalue weighted by Crippen LogP contribution is -1.92. The van der Waals surface area contributed by atoms with E-state index in [0.717, 1.165) is 17.4 Å². The highest BCUT2D eigenvalue weighted by atomic mass is 16.3. The summed E-state index contributed by atoms with van der Waals surface area (Å²) in [6, 6.07) is 25.5. The first-order chi connectivity index (χ1) is 12.2. The third-order valence-corrected chi connectivity index (χ3v) is 5.21. The van der Waals surface area contributed by atoms with E-state index in [1.54, 1.807) is 0 Å². The molecule has 0 amide bonds. The summed E-state index contributed by atoms with van der Waals surface area (Å²) in [5.41, 5.74) is 3.45. The van der Waals surface area contributed by atoms with Gasteiger partial charge in [-0.25, -0.2) is 0 Å². The highest BCUT2D eigenvalue weighted by Gasteiger charge is 2.14. The molecule has 0 aromatic heterocycles. The first-order valence-electron chi connectivity index (χ1n) is 8.64. The molecule has 0 atom stereocenters. The van der Waals surface area contributed by atoms with Crippen molar-refractivity contribution in [2.45, 2.75) is 13.3 Å². The molecule has 0 saturated carbocycles. The molecule has 0 unspecified atom stereocenters. The molecular formula is C24H18O. The quantitative estimate of drug-likeness (QED) is 0.384. The van der Waals surface area contributed by atoms with Gasteiger partial charge in [-0.2, -0.15) is 0 Å². The molecule has 0 saturated heterocycles. The molecule has 0 aliphatic rings. The fourth-order valence-corrected chi connectivity index (χ4v) is 3.92. The minimum atomic E-state index is 0.409. The fraction of sp³-hybridized carbons (Fsp3) is 0.0833. The summed E-state index contributed by atoms with van der Waals surface area (Å²) in [6.45, 7) is 2.09. The summed E-state index contributed by atoms with van der Waals surface area (Å²) in [7, 11) is 0. The molecule has 5 aromatic carbocycles. The van der Waals surface area contributed by atoms with Crippen LogP contribution in [0.2, 0.25) is 0 Å². The van der Waals surface area contributed by atoms with Crippen molar-refractivity contribution in [3.8, 4) is 5.75 Å². The van der Waals surface area contributed by atoms with Gasteiger partial charge in [0, 0.05) is 17.2 Å². The molecule has 0 fully saturated rings. The van der Waals surface area contributed by atoms with Crippen LogP contribution in [-0.2, 0) is 6.42 Å². The topological polar surface area (TPSA) is 20.2 Å². The fourth-order valence-electron chi connectivity index (χ4n) is 3.92. The minimum absolute atomic E-state index is 0.409. The average Bonchev–Trinajstić information content (AvgIpc) is 2.64. The Balaban J connectivity index is 1.78. The van der Waals surface area contributed by atoms with E-state index in [1.807, 2.05) is 0 Å². The smallest absolute Gasteiger partial charge is 0.126 e. The number of phenols is 1. The molecule has 5 rings (SSSR count). The van der Waals surface area contributed by atoms with E-state index in [9.17, 15) is 5.11 Å². The van der Waals surface area contributed by atoms with Gasteiger partial charge in [0.15, 0.2) is 0 Å². The van der Waals surface area contributed by atoms with E-state index < -0.39 is 0 Å². The summed E-state index contributed by atoms with van der Waals surface area (Å²) in [4.78, 5) is 0. The molecular weight excluding hydrogens is 304 g/mol. The van der Waals surface area contributed by atoms with Gasteiger partial charge >= 0.3 is 0 Å². The molecule has 5 aromatic rings. The van der Waals surface area contributed by atoms with Gasteiger partial charge in [0.05, 0.1) is 0 Å². The molecule has 1 N–H and O–H groups in total. The molecule has 0 heterocycles. The predicted molar refractivity (Wildman–Crippen MR) is 106 cm³/mol. The molecule has 0 aliphatic carbocycles. The van der Waals surface area contributed by atoms with E-state index in [0.29, 0.717) is 5.75 Å². The first kappa shape index (κ1) is 14.3. The van der Waals surface area contributed by atoms with Crippen LogP contribution in [0.25, 0.3) is 32.3 Å². The molecule has 1 heteroatoms. The first-order valence-corrected chi connectivity index (χ1v) is 8.64. The van der Waals surface area contributed by atoms with Crippen LogP contribution in [0.15, 0.2) is 72.8 Å². The van der Waals surface area contributed by atoms with Gasteiger partial charge in [-0.3, -0.25) is 0 Å². The van der Waals surface area contributed by atoms with Gasteiger partial charge < -0.3 is 5.11 Å². The second-order valence-electron chi connectivity index (χ2n) is 6.90. The summed E-state index contributed by atoms with van der Waals surface area (Å²) < 4.78 is 0. The third-order valence-electron chi connectivity index (χ3n) is 5.21. The van der Waals surface area contributed by atoms with Gasteiger partial charge in [0.1, 0.15) is 5.75 Å². The standard InChI is InChI=1S/C24H18O/c1-15-5-7-16(8-6-15)13-20-14-19-10-9-17-3-2-4-18-11-12-21(24(20)25)23(19)22(17)18/h2-12,14,25H,13H2,1H3. The molecule has 0 aliphatic heterocycles. The lowest BCUT2D eigenvalue weighted by molar-refractivity contribution is 0.476. The van der Waals surface area contributed by atoms with Crippen molar-refractivity contribution in [1.82, 2.24) is 0 Å². The zero-order chi connectivity index (χ0) is 17.0. The van der Waals surface area contributed by atoms with Crippen LogP contribution >= 0.6 is 0 Å². The van der Waals surface area contributed by atoms with Crippen LogP contribution in [0.5, 0.6) is 5.75 Å². The Morgan fingerprint density at radius 1 is 0.720 bits per heavy atom. The van der Waals surface area contributed by atoms with Crippen molar-refractivity contribution < 1.29 is 5.11 Å². The lowest BCUT2D eigenvalue weighted by Gasteiger charge is -2.15. The second-order valence-corrected chi connectivity index (χ2v) is 6.90. The van der Waals surface area contributed by atoms with Gasteiger partial charge in [0.25, 0.3) is 0 Å². The lowest BCUT2D eigenvalue weighted by atomic mass is 9.90. The Morgan fingerprint density at radius 2 is 1.40 bits per heavy atom. The predicted octanol–water partition coefficient (Wildman–Crippen LogP) is 6.19. The third kappa shape index (κ3) is 2.16. The van der Waals surface area contributed by atoms with Gasteiger partial charge in [-0.15, -0.1) is 0 Å². The summed E-state index contributed by atoms with van der Waals surface area (Å²) in [5, 5.41) is 17.9. The Labute approximate surface area is 146 Å². The van der Waals surface area contributed by atoms with Crippen molar-refractivity contribution >= 4 is 32.3 Å². The number of hydrogen-bond acceptors (Lipinski definition) is 1. The van der Waals surface area contributed by atoms with Gasteiger partial charge in [-0.05, 0) is 51.7 Å². The number of benzene rings is 5. The SMILES string of the molecule is Cc1ccc(Cc2cc3ccc4cccc5ccc(c2O)c3c45)cc1. The van der Waals surface area contributed by atoms with Crippen LogP contribution in [0.1, 0.15) is 16.7 Å². The average molecular weight is 322 g/mol. The van der Waals surface area contributed by atoms with Crippen LogP contribution in [0.3, 0.4) is 0 Å². The molecule has 1 nitrogen and oxygen atoms in total. The molecule has 0 bridgehead atoms. The van der Waals surface area contributed by atoms with Crippen molar-refractivity contribution in [1.29, 1.82) is 0 Å². The number of phenolic OH excluding ortho intramolecular Hbond substituents is 1. The van der Waals surface area contributed by atoms with E-state index in [2.05, 4.69) is 79.7 Å².